The SMILES string of the molecule is COc1ccc(C)cc1CC(C#N)c1ccccc1. The number of nitrogens with zero attached hydrogens (tertiary/aromatic N) is 1. The average Bonchev–Trinajstić information content (AvgIpc) is 2.46. The van der Waals surface area contributed by atoms with Gasteiger partial charge < -0.3 is 4.74 Å². The molecule has 0 aliphatic rings. The molecule has 0 spiro atoms. The average molecular weight is 251 g/mol. The lowest BCUT2D eigenvalue weighted by molar-refractivity contribution is 0.409. The van der Waals surface area contributed by atoms with Gasteiger partial charge in [-0.05, 0) is 30.5 Å². The van der Waals surface area contributed by atoms with Crippen molar-refractivity contribution in [3.63, 3.8) is 0 Å². The molecule has 1 atom stereocenters. The molecule has 0 aromatic heterocycles. The molecule has 2 heteroatoms. The second-order valence-electron chi connectivity index (χ2n) is 4.61. The molecular formula is C17H17NO. The Balaban J connectivity index is 2.29. The first-order chi connectivity index (χ1) is 9.24. The lowest BCUT2D eigenvalue weighted by Gasteiger charge is -2.13. The number of hydrogen-bond acceptors (Lipinski definition) is 2. The minimum Gasteiger partial charge on any atom is -0.496 e. The van der Waals surface area contributed by atoms with Crippen LogP contribution in [0.3, 0.4) is 0 Å². The highest BCUT2D eigenvalue weighted by atomic mass is 16.5. The van der Waals surface area contributed by atoms with E-state index in [4.69, 9.17) is 4.74 Å². The highest BCUT2D eigenvalue weighted by molar-refractivity contribution is 5.39. The highest BCUT2D eigenvalue weighted by Gasteiger charge is 2.14. The maximum absolute atomic E-state index is 9.38. The summed E-state index contributed by atoms with van der Waals surface area (Å²) in [6.45, 7) is 2.05. The second kappa shape index (κ2) is 6.06. The molecule has 0 radical (unpaired) electrons. The highest BCUT2D eigenvalue weighted by Crippen LogP contribution is 2.27. The van der Waals surface area contributed by atoms with Crippen LogP contribution in [0.5, 0.6) is 5.75 Å². The van der Waals surface area contributed by atoms with Gasteiger partial charge in [-0.3, -0.25) is 0 Å². The summed E-state index contributed by atoms with van der Waals surface area (Å²) in [5, 5.41) is 9.38. The largest absolute Gasteiger partial charge is 0.496 e. The van der Waals surface area contributed by atoms with Gasteiger partial charge in [0.2, 0.25) is 0 Å². The summed E-state index contributed by atoms with van der Waals surface area (Å²) in [5.41, 5.74) is 3.31. The van der Waals surface area contributed by atoms with Crippen LogP contribution >= 0.6 is 0 Å². The zero-order chi connectivity index (χ0) is 13.7. The molecule has 0 bridgehead atoms. The third-order valence-corrected chi connectivity index (χ3v) is 3.22. The summed E-state index contributed by atoms with van der Waals surface area (Å²) in [5.74, 6) is 0.707. The van der Waals surface area contributed by atoms with Gasteiger partial charge in [0.25, 0.3) is 0 Å². The van der Waals surface area contributed by atoms with Crippen molar-refractivity contribution in [3.05, 3.63) is 65.2 Å². The molecule has 0 heterocycles. The summed E-state index contributed by atoms with van der Waals surface area (Å²) in [6, 6.07) is 18.3. The molecule has 0 N–H and O–H groups in total. The number of aryl methyl sites for hydroxylation is 1. The van der Waals surface area contributed by atoms with Crippen LogP contribution < -0.4 is 4.74 Å². The first-order valence-electron chi connectivity index (χ1n) is 6.32. The Morgan fingerprint density at radius 3 is 2.53 bits per heavy atom. The van der Waals surface area contributed by atoms with Gasteiger partial charge in [-0.25, -0.2) is 0 Å². The Morgan fingerprint density at radius 2 is 1.89 bits per heavy atom. The van der Waals surface area contributed by atoms with E-state index in [0.29, 0.717) is 6.42 Å². The van der Waals surface area contributed by atoms with Gasteiger partial charge in [0, 0.05) is 0 Å². The van der Waals surface area contributed by atoms with E-state index in [2.05, 4.69) is 12.1 Å². The third kappa shape index (κ3) is 3.14. The summed E-state index contributed by atoms with van der Waals surface area (Å²) in [7, 11) is 1.66. The van der Waals surface area contributed by atoms with E-state index >= 15 is 0 Å². The number of hydrogen-bond donors (Lipinski definition) is 0. The zero-order valence-corrected chi connectivity index (χ0v) is 11.3. The molecule has 2 rings (SSSR count). The van der Waals surface area contributed by atoms with Crippen LogP contribution in [0.25, 0.3) is 0 Å². The van der Waals surface area contributed by atoms with Crippen LogP contribution in [0.2, 0.25) is 0 Å². The monoisotopic (exact) mass is 251 g/mol. The van der Waals surface area contributed by atoms with Crippen molar-refractivity contribution < 1.29 is 4.74 Å². The predicted molar refractivity (Wildman–Crippen MR) is 76.2 cm³/mol. The first-order valence-corrected chi connectivity index (χ1v) is 6.32. The van der Waals surface area contributed by atoms with Crippen molar-refractivity contribution in [3.8, 4) is 11.8 Å². The molecule has 0 aliphatic carbocycles. The Kier molecular flexibility index (Phi) is 4.20. The van der Waals surface area contributed by atoms with Gasteiger partial charge in [0.15, 0.2) is 0 Å². The number of nitriles is 1. The van der Waals surface area contributed by atoms with Crippen LogP contribution in [-0.4, -0.2) is 7.11 Å². The maximum Gasteiger partial charge on any atom is 0.122 e. The Labute approximate surface area is 114 Å². The second-order valence-corrected chi connectivity index (χ2v) is 4.61. The number of methoxy groups -OCH3 is 1. The van der Waals surface area contributed by atoms with Crippen LogP contribution in [0.1, 0.15) is 22.6 Å². The standard InChI is InChI=1S/C17H17NO/c1-13-8-9-17(19-2)15(10-13)11-16(12-18)14-6-4-3-5-7-14/h3-10,16H,11H2,1-2H3. The van der Waals surface area contributed by atoms with Gasteiger partial charge in [-0.15, -0.1) is 0 Å². The summed E-state index contributed by atoms with van der Waals surface area (Å²) in [6.07, 6.45) is 0.672. The minimum absolute atomic E-state index is 0.142. The van der Waals surface area contributed by atoms with Crippen LogP contribution in [-0.2, 0) is 6.42 Å². The molecule has 2 nitrogen and oxygen atoms in total. The van der Waals surface area contributed by atoms with Crippen molar-refractivity contribution in [2.24, 2.45) is 0 Å². The quantitative estimate of drug-likeness (QED) is 0.826. The fourth-order valence-electron chi connectivity index (χ4n) is 2.21. The Morgan fingerprint density at radius 1 is 1.16 bits per heavy atom. The molecule has 96 valence electrons. The molecule has 19 heavy (non-hydrogen) atoms. The number of rotatable bonds is 4. The summed E-state index contributed by atoms with van der Waals surface area (Å²) < 4.78 is 5.37. The molecule has 0 amide bonds. The van der Waals surface area contributed by atoms with Crippen molar-refractivity contribution in [1.82, 2.24) is 0 Å². The van der Waals surface area contributed by atoms with E-state index in [0.717, 1.165) is 16.9 Å². The van der Waals surface area contributed by atoms with Gasteiger partial charge in [0.05, 0.1) is 19.1 Å². The molecule has 0 fully saturated rings. The van der Waals surface area contributed by atoms with Crippen LogP contribution in [0, 0.1) is 18.3 Å². The van der Waals surface area contributed by atoms with Crippen molar-refractivity contribution in [2.45, 2.75) is 19.3 Å². The molecule has 0 saturated carbocycles. The lowest BCUT2D eigenvalue weighted by Crippen LogP contribution is -2.02. The Bertz CT molecular complexity index is 584. The first kappa shape index (κ1) is 13.2. The molecular weight excluding hydrogens is 234 g/mol. The number of ether oxygens (including phenoxy) is 1. The van der Waals surface area contributed by atoms with Crippen molar-refractivity contribution in [1.29, 1.82) is 5.26 Å². The lowest BCUT2D eigenvalue weighted by atomic mass is 9.92. The van der Waals surface area contributed by atoms with Crippen molar-refractivity contribution >= 4 is 0 Å². The minimum atomic E-state index is -0.142. The predicted octanol–water partition coefficient (Wildman–Crippen LogP) is 3.85. The van der Waals surface area contributed by atoms with E-state index in [1.54, 1.807) is 7.11 Å². The van der Waals surface area contributed by atoms with Gasteiger partial charge in [0.1, 0.15) is 5.75 Å². The van der Waals surface area contributed by atoms with Crippen LogP contribution in [0.4, 0.5) is 0 Å². The smallest absolute Gasteiger partial charge is 0.122 e. The van der Waals surface area contributed by atoms with E-state index < -0.39 is 0 Å². The van der Waals surface area contributed by atoms with E-state index in [1.165, 1.54) is 5.56 Å². The van der Waals surface area contributed by atoms with Gasteiger partial charge >= 0.3 is 0 Å². The number of benzene rings is 2. The zero-order valence-electron chi connectivity index (χ0n) is 11.3. The summed E-state index contributed by atoms with van der Waals surface area (Å²) >= 11 is 0. The Hall–Kier alpha value is -2.27. The van der Waals surface area contributed by atoms with Crippen molar-refractivity contribution in [2.75, 3.05) is 7.11 Å². The molecule has 2 aromatic rings. The summed E-state index contributed by atoms with van der Waals surface area (Å²) in [4.78, 5) is 0. The van der Waals surface area contributed by atoms with E-state index in [1.807, 2.05) is 49.4 Å². The van der Waals surface area contributed by atoms with E-state index in [-0.39, 0.29) is 5.92 Å². The topological polar surface area (TPSA) is 33.0 Å². The van der Waals surface area contributed by atoms with Gasteiger partial charge in [-0.2, -0.15) is 5.26 Å². The fraction of sp³-hybridized carbons (Fsp3) is 0.235. The van der Waals surface area contributed by atoms with E-state index in [9.17, 15) is 5.26 Å². The molecule has 0 saturated heterocycles. The molecule has 1 unspecified atom stereocenters. The molecule has 0 aliphatic heterocycles. The maximum atomic E-state index is 9.38. The fourth-order valence-corrected chi connectivity index (χ4v) is 2.21. The normalized spacial score (nSPS) is 11.6. The van der Waals surface area contributed by atoms with Gasteiger partial charge in [-0.1, -0.05) is 48.0 Å². The van der Waals surface area contributed by atoms with Crippen LogP contribution in [0.15, 0.2) is 48.5 Å². The third-order valence-electron chi connectivity index (χ3n) is 3.22. The molecule has 2 aromatic carbocycles.